The number of benzene rings is 1. The number of hydrogen-bond donors (Lipinski definition) is 0. The van der Waals surface area contributed by atoms with Crippen molar-refractivity contribution in [3.05, 3.63) is 41.7 Å². The SMILES string of the molecule is C=Cc1cc(F)ccc1CN(CC(=O)OC(C)C)C1CC23CCCC1(CC(F)C2)C3. The second-order valence-corrected chi connectivity index (χ2v) is 10.1. The van der Waals surface area contributed by atoms with Gasteiger partial charge in [0.15, 0.2) is 0 Å². The molecule has 0 heterocycles. The van der Waals surface area contributed by atoms with E-state index in [9.17, 15) is 13.6 Å². The Bertz CT molecular complexity index is 825. The van der Waals surface area contributed by atoms with Crippen LogP contribution in [-0.4, -0.2) is 35.7 Å². The zero-order chi connectivity index (χ0) is 21.5. The lowest BCUT2D eigenvalue weighted by molar-refractivity contribution is -0.150. The first-order valence-electron chi connectivity index (χ1n) is 11.2. The first kappa shape index (κ1) is 21.5. The quantitative estimate of drug-likeness (QED) is 0.535. The van der Waals surface area contributed by atoms with Crippen LogP contribution in [0.4, 0.5) is 8.78 Å². The minimum Gasteiger partial charge on any atom is -0.462 e. The number of hydrogen-bond acceptors (Lipinski definition) is 3. The van der Waals surface area contributed by atoms with Crippen LogP contribution in [0, 0.1) is 16.6 Å². The lowest BCUT2D eigenvalue weighted by Crippen LogP contribution is -2.48. The van der Waals surface area contributed by atoms with Gasteiger partial charge in [-0.1, -0.05) is 25.1 Å². The molecule has 0 aromatic heterocycles. The highest BCUT2D eigenvalue weighted by Gasteiger charge is 2.62. The number of rotatable bonds is 7. The Labute approximate surface area is 178 Å². The van der Waals surface area contributed by atoms with E-state index < -0.39 is 6.17 Å². The lowest BCUT2D eigenvalue weighted by atomic mass is 9.60. The maximum absolute atomic E-state index is 14.7. The highest BCUT2D eigenvalue weighted by molar-refractivity contribution is 5.72. The maximum Gasteiger partial charge on any atom is 0.320 e. The number of carbonyl (C=O) groups is 1. The second kappa shape index (κ2) is 8.07. The van der Waals surface area contributed by atoms with Crippen molar-refractivity contribution in [1.29, 1.82) is 0 Å². The predicted molar refractivity (Wildman–Crippen MR) is 114 cm³/mol. The fraction of sp³-hybridized carbons (Fsp3) is 0.640. The number of halogens is 2. The molecule has 0 spiro atoms. The van der Waals surface area contributed by atoms with E-state index in [4.69, 9.17) is 4.74 Å². The Kier molecular flexibility index (Phi) is 5.78. The fourth-order valence-electron chi connectivity index (χ4n) is 6.75. The van der Waals surface area contributed by atoms with Crippen LogP contribution in [0.15, 0.2) is 24.8 Å². The highest BCUT2D eigenvalue weighted by Crippen LogP contribution is 2.67. The fourth-order valence-corrected chi connectivity index (χ4v) is 6.75. The molecule has 5 heteroatoms. The van der Waals surface area contributed by atoms with E-state index in [2.05, 4.69) is 11.5 Å². The Morgan fingerprint density at radius 3 is 2.87 bits per heavy atom. The number of carbonyl (C=O) groups excluding carboxylic acids is 1. The van der Waals surface area contributed by atoms with E-state index in [-0.39, 0.29) is 41.3 Å². The van der Waals surface area contributed by atoms with Crippen LogP contribution in [0.3, 0.4) is 0 Å². The topological polar surface area (TPSA) is 29.5 Å². The largest absolute Gasteiger partial charge is 0.462 e. The van der Waals surface area contributed by atoms with Crippen molar-refractivity contribution in [1.82, 2.24) is 4.90 Å². The van der Waals surface area contributed by atoms with Crippen molar-refractivity contribution in [3.63, 3.8) is 0 Å². The summed E-state index contributed by atoms with van der Waals surface area (Å²) >= 11 is 0. The standard InChI is InChI=1S/C25H33F2NO2/c1-4-18-10-20(26)7-6-19(18)14-28(15-23(29)30-17(2)3)22-13-24-8-5-9-25(22,16-24)12-21(27)11-24/h4,6-7,10,17,21-22H,1,5,8-9,11-16H2,2-3H3. The minimum atomic E-state index is -0.747. The molecule has 0 aliphatic heterocycles. The molecule has 1 aromatic carbocycles. The van der Waals surface area contributed by atoms with Gasteiger partial charge in [0.25, 0.3) is 0 Å². The molecule has 0 amide bonds. The van der Waals surface area contributed by atoms with Gasteiger partial charge in [-0.3, -0.25) is 9.69 Å². The second-order valence-electron chi connectivity index (χ2n) is 10.1. The molecule has 4 atom stereocenters. The van der Waals surface area contributed by atoms with E-state index in [0.717, 1.165) is 43.2 Å². The van der Waals surface area contributed by atoms with E-state index in [0.29, 0.717) is 19.4 Å². The summed E-state index contributed by atoms with van der Waals surface area (Å²) in [5, 5.41) is 0. The van der Waals surface area contributed by atoms with Crippen LogP contribution in [0.25, 0.3) is 6.08 Å². The van der Waals surface area contributed by atoms with Crippen molar-refractivity contribution < 1.29 is 18.3 Å². The van der Waals surface area contributed by atoms with Crippen molar-refractivity contribution in [3.8, 4) is 0 Å². The summed E-state index contributed by atoms with van der Waals surface area (Å²) in [6.45, 7) is 8.20. The summed E-state index contributed by atoms with van der Waals surface area (Å²) in [4.78, 5) is 14.8. The molecule has 3 fully saturated rings. The van der Waals surface area contributed by atoms with Gasteiger partial charge in [0.2, 0.25) is 0 Å². The van der Waals surface area contributed by atoms with Crippen molar-refractivity contribution in [2.45, 2.75) is 83.7 Å². The van der Waals surface area contributed by atoms with Crippen molar-refractivity contribution in [2.75, 3.05) is 6.54 Å². The number of alkyl halides is 1. The molecule has 3 saturated carbocycles. The third kappa shape index (κ3) is 4.05. The summed E-state index contributed by atoms with van der Waals surface area (Å²) in [5.74, 6) is -0.557. The van der Waals surface area contributed by atoms with Crippen LogP contribution < -0.4 is 0 Å². The number of nitrogens with zero attached hydrogens (tertiary/aromatic N) is 1. The molecule has 3 nitrogen and oxygen atoms in total. The molecule has 2 bridgehead atoms. The first-order valence-corrected chi connectivity index (χ1v) is 11.2. The summed E-state index contributed by atoms with van der Waals surface area (Å²) in [6, 6.07) is 4.84. The molecule has 0 saturated heterocycles. The van der Waals surface area contributed by atoms with E-state index in [1.807, 2.05) is 13.8 Å². The summed E-state index contributed by atoms with van der Waals surface area (Å²) in [6.07, 6.45) is 7.23. The Morgan fingerprint density at radius 2 is 2.13 bits per heavy atom. The maximum atomic E-state index is 14.7. The van der Waals surface area contributed by atoms with Gasteiger partial charge in [-0.05, 0) is 86.5 Å². The van der Waals surface area contributed by atoms with Crippen molar-refractivity contribution in [2.24, 2.45) is 10.8 Å². The molecule has 4 rings (SSSR count). The normalized spacial score (nSPS) is 32.5. The monoisotopic (exact) mass is 417 g/mol. The average molecular weight is 418 g/mol. The molecular weight excluding hydrogens is 384 g/mol. The molecule has 0 N–H and O–H groups in total. The van der Waals surface area contributed by atoms with E-state index in [1.165, 1.54) is 12.1 Å². The zero-order valence-corrected chi connectivity index (χ0v) is 18.1. The van der Waals surface area contributed by atoms with Gasteiger partial charge >= 0.3 is 5.97 Å². The molecular formula is C25H33F2NO2. The van der Waals surface area contributed by atoms with Crippen LogP contribution in [0.1, 0.15) is 69.9 Å². The minimum absolute atomic E-state index is 0.0671. The van der Waals surface area contributed by atoms with Gasteiger partial charge in [-0.25, -0.2) is 8.78 Å². The van der Waals surface area contributed by atoms with Gasteiger partial charge in [-0.2, -0.15) is 0 Å². The van der Waals surface area contributed by atoms with E-state index >= 15 is 0 Å². The molecule has 1 aromatic rings. The Hall–Kier alpha value is -1.75. The molecule has 0 radical (unpaired) electrons. The van der Waals surface area contributed by atoms with Gasteiger partial charge in [0, 0.05) is 12.6 Å². The van der Waals surface area contributed by atoms with Crippen LogP contribution >= 0.6 is 0 Å². The van der Waals surface area contributed by atoms with Crippen LogP contribution in [-0.2, 0) is 16.1 Å². The Morgan fingerprint density at radius 1 is 1.33 bits per heavy atom. The summed E-state index contributed by atoms with van der Waals surface area (Å²) < 4.78 is 33.9. The average Bonchev–Trinajstić information content (AvgIpc) is 2.80. The first-order chi connectivity index (χ1) is 14.2. The van der Waals surface area contributed by atoms with E-state index in [1.54, 1.807) is 12.1 Å². The molecule has 30 heavy (non-hydrogen) atoms. The predicted octanol–water partition coefficient (Wildman–Crippen LogP) is 5.67. The Balaban J connectivity index is 1.66. The molecule has 3 aliphatic carbocycles. The highest BCUT2D eigenvalue weighted by atomic mass is 19.1. The molecule has 164 valence electrons. The van der Waals surface area contributed by atoms with Gasteiger partial charge in [-0.15, -0.1) is 0 Å². The third-order valence-electron chi connectivity index (χ3n) is 7.57. The van der Waals surface area contributed by atoms with Gasteiger partial charge in [0.05, 0.1) is 12.6 Å². The van der Waals surface area contributed by atoms with Crippen molar-refractivity contribution >= 4 is 12.0 Å². The smallest absolute Gasteiger partial charge is 0.320 e. The number of esters is 1. The van der Waals surface area contributed by atoms with Gasteiger partial charge < -0.3 is 4.74 Å². The summed E-state index contributed by atoms with van der Waals surface area (Å²) in [7, 11) is 0. The molecule has 4 unspecified atom stereocenters. The van der Waals surface area contributed by atoms with Crippen LogP contribution in [0.5, 0.6) is 0 Å². The lowest BCUT2D eigenvalue weighted by Gasteiger charge is -2.48. The number of ether oxygens (including phenoxy) is 1. The zero-order valence-electron chi connectivity index (χ0n) is 18.1. The van der Waals surface area contributed by atoms with Gasteiger partial charge in [0.1, 0.15) is 12.0 Å². The van der Waals surface area contributed by atoms with Crippen LogP contribution in [0.2, 0.25) is 0 Å². The third-order valence-corrected chi connectivity index (χ3v) is 7.57. The molecule has 3 aliphatic rings. The summed E-state index contributed by atoms with van der Waals surface area (Å²) in [5.41, 5.74) is 1.68.